The number of thioether (sulfide) groups is 1. The van der Waals surface area contributed by atoms with Crippen molar-refractivity contribution >= 4 is 35.0 Å². The summed E-state index contributed by atoms with van der Waals surface area (Å²) in [6.45, 7) is 2.07. The fourth-order valence-corrected chi connectivity index (χ4v) is 4.10. The van der Waals surface area contributed by atoms with Crippen LogP contribution in [0.25, 0.3) is 17.1 Å². The van der Waals surface area contributed by atoms with E-state index in [9.17, 15) is 4.79 Å². The predicted octanol–water partition coefficient (Wildman–Crippen LogP) is 5.88. The van der Waals surface area contributed by atoms with E-state index in [0.717, 1.165) is 28.9 Å². The summed E-state index contributed by atoms with van der Waals surface area (Å²) in [6.07, 6.45) is 0.858. The first-order valence-electron chi connectivity index (χ1n) is 9.93. The number of para-hydroxylation sites is 2. The molecule has 4 aromatic rings. The summed E-state index contributed by atoms with van der Waals surface area (Å²) in [5, 5.41) is 13.1. The van der Waals surface area contributed by atoms with E-state index < -0.39 is 0 Å². The molecule has 4 rings (SSSR count). The van der Waals surface area contributed by atoms with Gasteiger partial charge in [0.25, 0.3) is 0 Å². The van der Waals surface area contributed by atoms with Gasteiger partial charge in [-0.25, -0.2) is 0 Å². The van der Waals surface area contributed by atoms with Crippen molar-refractivity contribution in [3.05, 3.63) is 89.4 Å². The lowest BCUT2D eigenvalue weighted by atomic mass is 10.1. The Morgan fingerprint density at radius 3 is 2.42 bits per heavy atom. The molecule has 1 N–H and O–H groups in total. The molecule has 31 heavy (non-hydrogen) atoms. The Bertz CT molecular complexity index is 1180. The fourth-order valence-electron chi connectivity index (χ4n) is 3.23. The Morgan fingerprint density at radius 2 is 1.68 bits per heavy atom. The van der Waals surface area contributed by atoms with Crippen molar-refractivity contribution in [2.75, 3.05) is 11.1 Å². The molecule has 3 aromatic carbocycles. The van der Waals surface area contributed by atoms with E-state index >= 15 is 0 Å². The van der Waals surface area contributed by atoms with Gasteiger partial charge in [-0.3, -0.25) is 9.36 Å². The monoisotopic (exact) mass is 448 g/mol. The van der Waals surface area contributed by atoms with Crippen molar-refractivity contribution < 1.29 is 4.79 Å². The van der Waals surface area contributed by atoms with Gasteiger partial charge in [-0.2, -0.15) is 0 Å². The molecule has 0 aliphatic heterocycles. The highest BCUT2D eigenvalue weighted by Crippen LogP contribution is 2.29. The molecule has 156 valence electrons. The van der Waals surface area contributed by atoms with E-state index in [1.165, 1.54) is 11.8 Å². The average Bonchev–Trinajstić information content (AvgIpc) is 3.23. The van der Waals surface area contributed by atoms with Crippen molar-refractivity contribution in [1.29, 1.82) is 0 Å². The van der Waals surface area contributed by atoms with Crippen LogP contribution in [0.3, 0.4) is 0 Å². The van der Waals surface area contributed by atoms with Crippen molar-refractivity contribution in [2.45, 2.75) is 18.5 Å². The molecule has 0 aliphatic carbocycles. The summed E-state index contributed by atoms with van der Waals surface area (Å²) in [4.78, 5) is 12.6. The minimum atomic E-state index is -0.0819. The van der Waals surface area contributed by atoms with E-state index in [2.05, 4.69) is 22.4 Å². The molecular formula is C24H21ClN4OS. The zero-order valence-electron chi connectivity index (χ0n) is 17.0. The van der Waals surface area contributed by atoms with E-state index in [1.807, 2.05) is 83.4 Å². The number of hydrogen-bond acceptors (Lipinski definition) is 4. The third-order valence-electron chi connectivity index (χ3n) is 4.75. The molecule has 0 saturated heterocycles. The number of carbonyl (C=O) groups excluding carboxylic acids is 1. The van der Waals surface area contributed by atoms with Crippen LogP contribution in [0.15, 0.2) is 84.0 Å². The molecule has 0 unspecified atom stereocenters. The van der Waals surface area contributed by atoms with Gasteiger partial charge in [0.2, 0.25) is 5.91 Å². The SMILES string of the molecule is CCc1ccccc1NC(=O)CSc1nnc(-c2ccc(Cl)cc2)n1-c1ccccc1. The van der Waals surface area contributed by atoms with E-state index in [-0.39, 0.29) is 11.7 Å². The molecule has 1 aromatic heterocycles. The Hall–Kier alpha value is -3.09. The Morgan fingerprint density at radius 1 is 0.968 bits per heavy atom. The molecule has 5 nitrogen and oxygen atoms in total. The summed E-state index contributed by atoms with van der Waals surface area (Å²) in [5.41, 5.74) is 3.78. The number of hydrogen-bond donors (Lipinski definition) is 1. The number of anilines is 1. The average molecular weight is 449 g/mol. The standard InChI is InChI=1S/C24H21ClN4OS/c1-2-17-8-6-7-11-21(17)26-22(30)16-31-24-28-27-23(18-12-14-19(25)15-13-18)29(24)20-9-4-3-5-10-20/h3-15H,2,16H2,1H3,(H,26,30). The molecule has 0 aliphatic rings. The number of carbonyl (C=O) groups is 1. The highest BCUT2D eigenvalue weighted by Gasteiger charge is 2.17. The van der Waals surface area contributed by atoms with E-state index in [4.69, 9.17) is 11.6 Å². The molecule has 1 heterocycles. The number of benzene rings is 3. The van der Waals surface area contributed by atoms with Crippen LogP contribution in [0.1, 0.15) is 12.5 Å². The second-order valence-electron chi connectivity index (χ2n) is 6.83. The molecule has 7 heteroatoms. The zero-order chi connectivity index (χ0) is 21.6. The summed E-state index contributed by atoms with van der Waals surface area (Å²) in [5.74, 6) is 0.840. The van der Waals surface area contributed by atoms with Crippen LogP contribution < -0.4 is 5.32 Å². The largest absolute Gasteiger partial charge is 0.325 e. The first-order valence-corrected chi connectivity index (χ1v) is 11.3. The molecule has 0 spiro atoms. The van der Waals surface area contributed by atoms with Crippen molar-refractivity contribution in [3.63, 3.8) is 0 Å². The first-order chi connectivity index (χ1) is 15.2. The topological polar surface area (TPSA) is 59.8 Å². The summed E-state index contributed by atoms with van der Waals surface area (Å²) < 4.78 is 1.96. The van der Waals surface area contributed by atoms with Crippen LogP contribution in [0.4, 0.5) is 5.69 Å². The summed E-state index contributed by atoms with van der Waals surface area (Å²) >= 11 is 7.39. The maximum Gasteiger partial charge on any atom is 0.234 e. The quantitative estimate of drug-likeness (QED) is 0.358. The Kier molecular flexibility index (Phi) is 6.70. The molecule has 0 bridgehead atoms. The van der Waals surface area contributed by atoms with Crippen LogP contribution in [0, 0.1) is 0 Å². The van der Waals surface area contributed by atoms with E-state index in [0.29, 0.717) is 16.0 Å². The van der Waals surface area contributed by atoms with Crippen LogP contribution in [0.2, 0.25) is 5.02 Å². The summed E-state index contributed by atoms with van der Waals surface area (Å²) in [6, 6.07) is 25.2. The smallest absolute Gasteiger partial charge is 0.234 e. The number of nitrogens with zero attached hydrogens (tertiary/aromatic N) is 3. The lowest BCUT2D eigenvalue weighted by Crippen LogP contribution is -2.15. The molecule has 0 saturated carbocycles. The summed E-state index contributed by atoms with van der Waals surface area (Å²) in [7, 11) is 0. The van der Waals surface area contributed by atoms with Crippen LogP contribution in [0.5, 0.6) is 0 Å². The molecule has 0 radical (unpaired) electrons. The minimum absolute atomic E-state index is 0.0819. The number of rotatable bonds is 7. The molecule has 0 atom stereocenters. The van der Waals surface area contributed by atoms with Gasteiger partial charge in [0.1, 0.15) is 0 Å². The maximum atomic E-state index is 12.6. The lowest BCUT2D eigenvalue weighted by molar-refractivity contribution is -0.113. The third kappa shape index (κ3) is 4.98. The number of amides is 1. The second kappa shape index (κ2) is 9.81. The van der Waals surface area contributed by atoms with Gasteiger partial charge < -0.3 is 5.32 Å². The number of aryl methyl sites for hydroxylation is 1. The van der Waals surface area contributed by atoms with Gasteiger partial charge in [0.15, 0.2) is 11.0 Å². The maximum absolute atomic E-state index is 12.6. The highest BCUT2D eigenvalue weighted by atomic mass is 35.5. The normalized spacial score (nSPS) is 10.8. The van der Waals surface area contributed by atoms with Gasteiger partial charge in [0, 0.05) is 22.0 Å². The number of nitrogens with one attached hydrogen (secondary N) is 1. The minimum Gasteiger partial charge on any atom is -0.325 e. The van der Waals surface area contributed by atoms with Gasteiger partial charge in [0.05, 0.1) is 5.75 Å². The van der Waals surface area contributed by atoms with Gasteiger partial charge in [-0.05, 0) is 54.4 Å². The van der Waals surface area contributed by atoms with E-state index in [1.54, 1.807) is 0 Å². The number of halogens is 1. The van der Waals surface area contributed by atoms with Crippen LogP contribution >= 0.6 is 23.4 Å². The predicted molar refractivity (Wildman–Crippen MR) is 127 cm³/mol. The third-order valence-corrected chi connectivity index (χ3v) is 5.94. The van der Waals surface area contributed by atoms with Gasteiger partial charge in [-0.1, -0.05) is 66.7 Å². The number of aromatic nitrogens is 3. The van der Waals surface area contributed by atoms with Crippen molar-refractivity contribution in [3.8, 4) is 17.1 Å². The second-order valence-corrected chi connectivity index (χ2v) is 8.21. The van der Waals surface area contributed by atoms with Crippen LogP contribution in [-0.2, 0) is 11.2 Å². The zero-order valence-corrected chi connectivity index (χ0v) is 18.5. The Labute approximate surface area is 190 Å². The van der Waals surface area contributed by atoms with Crippen molar-refractivity contribution in [2.24, 2.45) is 0 Å². The molecule has 1 amide bonds. The van der Waals surface area contributed by atoms with Gasteiger partial charge >= 0.3 is 0 Å². The molecular weight excluding hydrogens is 428 g/mol. The molecule has 0 fully saturated rings. The highest BCUT2D eigenvalue weighted by molar-refractivity contribution is 7.99. The van der Waals surface area contributed by atoms with Gasteiger partial charge in [-0.15, -0.1) is 10.2 Å². The van der Waals surface area contributed by atoms with Crippen LogP contribution in [-0.4, -0.2) is 26.4 Å². The lowest BCUT2D eigenvalue weighted by Gasteiger charge is -2.11. The first kappa shape index (κ1) is 21.2. The fraction of sp³-hybridized carbons (Fsp3) is 0.125. The Balaban J connectivity index is 1.58. The van der Waals surface area contributed by atoms with Crippen molar-refractivity contribution in [1.82, 2.24) is 14.8 Å².